The fraction of sp³-hybridized carbons (Fsp3) is 0.0833. The highest BCUT2D eigenvalue weighted by atomic mass is 79.9. The van der Waals surface area contributed by atoms with Crippen molar-refractivity contribution in [2.45, 2.75) is 6.92 Å². The van der Waals surface area contributed by atoms with Crippen molar-refractivity contribution < 1.29 is 9.53 Å². The van der Waals surface area contributed by atoms with E-state index in [1.165, 1.54) is 0 Å². The molecule has 0 aliphatic rings. The molecular weight excluding hydrogens is 428 g/mol. The molecule has 0 saturated heterocycles. The lowest BCUT2D eigenvalue weighted by Gasteiger charge is -2.12. The number of benzene rings is 3. The van der Waals surface area contributed by atoms with Crippen molar-refractivity contribution in [3.05, 3.63) is 88.4 Å². The summed E-state index contributed by atoms with van der Waals surface area (Å²) >= 11 is 3.46. The fourth-order valence-corrected chi connectivity index (χ4v) is 3.49. The quantitative estimate of drug-likeness (QED) is 0.403. The molecule has 0 unspecified atom stereocenters. The molecule has 3 aromatic carbocycles. The summed E-state index contributed by atoms with van der Waals surface area (Å²) in [5.41, 5.74) is 4.87. The van der Waals surface area contributed by atoms with Gasteiger partial charge in [0.1, 0.15) is 5.75 Å². The van der Waals surface area contributed by atoms with Crippen molar-refractivity contribution in [3.8, 4) is 17.0 Å². The predicted molar refractivity (Wildman–Crippen MR) is 121 cm³/mol. The molecule has 0 aliphatic heterocycles. The van der Waals surface area contributed by atoms with Crippen molar-refractivity contribution in [2.24, 2.45) is 0 Å². The summed E-state index contributed by atoms with van der Waals surface area (Å²) < 4.78 is 6.17. The largest absolute Gasteiger partial charge is 0.497 e. The Balaban J connectivity index is 1.79. The Labute approximate surface area is 177 Å². The van der Waals surface area contributed by atoms with Crippen LogP contribution in [0.15, 0.2) is 77.3 Å². The Bertz CT molecular complexity index is 1190. The highest BCUT2D eigenvalue weighted by molar-refractivity contribution is 9.10. The number of fused-ring (bicyclic) bond motifs is 1. The first-order chi connectivity index (χ1) is 14.0. The number of pyridine rings is 1. The molecule has 0 atom stereocenters. The van der Waals surface area contributed by atoms with E-state index in [1.54, 1.807) is 7.11 Å². The minimum atomic E-state index is -0.175. The van der Waals surface area contributed by atoms with Crippen molar-refractivity contribution in [3.63, 3.8) is 0 Å². The van der Waals surface area contributed by atoms with Crippen LogP contribution in [0.1, 0.15) is 15.9 Å². The molecule has 1 amide bonds. The Hall–Kier alpha value is -3.18. The van der Waals surface area contributed by atoms with Gasteiger partial charge in [0.2, 0.25) is 0 Å². The molecule has 1 N–H and O–H groups in total. The molecule has 144 valence electrons. The summed E-state index contributed by atoms with van der Waals surface area (Å²) in [5.74, 6) is 0.567. The predicted octanol–water partition coefficient (Wildman–Crippen LogP) is 6.23. The van der Waals surface area contributed by atoms with Gasteiger partial charge in [-0.3, -0.25) is 4.79 Å². The van der Waals surface area contributed by atoms with Gasteiger partial charge in [-0.15, -0.1) is 0 Å². The lowest BCUT2D eigenvalue weighted by molar-refractivity contribution is 0.102. The summed E-state index contributed by atoms with van der Waals surface area (Å²) in [4.78, 5) is 18.0. The first kappa shape index (κ1) is 19.2. The van der Waals surface area contributed by atoms with Crippen LogP contribution in [0.3, 0.4) is 0 Å². The number of amides is 1. The number of nitrogens with zero attached hydrogens (tertiary/aromatic N) is 1. The molecule has 4 rings (SSSR count). The molecule has 4 aromatic rings. The Morgan fingerprint density at radius 3 is 2.41 bits per heavy atom. The fourth-order valence-electron chi connectivity index (χ4n) is 3.22. The number of carbonyl (C=O) groups excluding carboxylic acids is 1. The van der Waals surface area contributed by atoms with Gasteiger partial charge in [-0.1, -0.05) is 46.3 Å². The molecule has 0 bridgehead atoms. The number of aromatic nitrogens is 1. The van der Waals surface area contributed by atoms with Gasteiger partial charge in [0.25, 0.3) is 5.91 Å². The maximum atomic E-state index is 13.2. The normalized spacial score (nSPS) is 10.7. The van der Waals surface area contributed by atoms with Crippen LogP contribution < -0.4 is 10.1 Å². The number of hydrogen-bond donors (Lipinski definition) is 1. The van der Waals surface area contributed by atoms with E-state index in [0.717, 1.165) is 37.9 Å². The van der Waals surface area contributed by atoms with E-state index in [1.807, 2.05) is 79.7 Å². The number of methoxy groups -OCH3 is 1. The van der Waals surface area contributed by atoms with E-state index >= 15 is 0 Å². The first-order valence-corrected chi connectivity index (χ1v) is 9.96. The standard InChI is InChI=1S/C24H19BrN2O2/c1-15-4-3-5-20-21(24(28)26-18-10-12-19(29-2)13-11-18)14-22(27-23(15)20)16-6-8-17(25)9-7-16/h3-14H,1-2H3,(H,26,28). The molecule has 0 fully saturated rings. The third kappa shape index (κ3) is 4.00. The summed E-state index contributed by atoms with van der Waals surface area (Å²) in [7, 11) is 1.61. The average Bonchev–Trinajstić information content (AvgIpc) is 2.74. The summed E-state index contributed by atoms with van der Waals surface area (Å²) in [6.07, 6.45) is 0. The van der Waals surface area contributed by atoms with Gasteiger partial charge in [-0.2, -0.15) is 0 Å². The lowest BCUT2D eigenvalue weighted by atomic mass is 10.0. The van der Waals surface area contributed by atoms with Crippen LogP contribution in [0.2, 0.25) is 0 Å². The van der Waals surface area contributed by atoms with E-state index < -0.39 is 0 Å². The van der Waals surface area contributed by atoms with E-state index in [4.69, 9.17) is 9.72 Å². The summed E-state index contributed by atoms with van der Waals surface area (Å²) in [6.45, 7) is 2.01. The van der Waals surface area contributed by atoms with Crippen molar-refractivity contribution >= 4 is 38.4 Å². The zero-order valence-corrected chi connectivity index (χ0v) is 17.7. The van der Waals surface area contributed by atoms with Gasteiger partial charge in [-0.25, -0.2) is 4.98 Å². The van der Waals surface area contributed by atoms with E-state index in [9.17, 15) is 4.79 Å². The van der Waals surface area contributed by atoms with Crippen LogP contribution in [-0.2, 0) is 0 Å². The van der Waals surface area contributed by atoms with Gasteiger partial charge in [0.05, 0.1) is 23.9 Å². The van der Waals surface area contributed by atoms with Crippen LogP contribution in [0.5, 0.6) is 5.75 Å². The van der Waals surface area contributed by atoms with Gasteiger partial charge in [0, 0.05) is 21.1 Å². The second kappa shape index (κ2) is 8.05. The highest BCUT2D eigenvalue weighted by Crippen LogP contribution is 2.28. The van der Waals surface area contributed by atoms with Crippen LogP contribution in [-0.4, -0.2) is 18.0 Å². The molecule has 1 aromatic heterocycles. The van der Waals surface area contributed by atoms with Gasteiger partial charge < -0.3 is 10.1 Å². The monoisotopic (exact) mass is 446 g/mol. The number of halogens is 1. The van der Waals surface area contributed by atoms with Crippen molar-refractivity contribution in [1.82, 2.24) is 4.98 Å². The second-order valence-electron chi connectivity index (χ2n) is 6.72. The van der Waals surface area contributed by atoms with Crippen molar-refractivity contribution in [2.75, 3.05) is 12.4 Å². The topological polar surface area (TPSA) is 51.2 Å². The third-order valence-electron chi connectivity index (χ3n) is 4.77. The molecule has 0 saturated carbocycles. The van der Waals surface area contributed by atoms with E-state index in [-0.39, 0.29) is 5.91 Å². The zero-order valence-electron chi connectivity index (χ0n) is 16.1. The molecule has 1 heterocycles. The molecule has 4 nitrogen and oxygen atoms in total. The summed E-state index contributed by atoms with van der Waals surface area (Å²) in [5, 5.41) is 3.81. The molecular formula is C24H19BrN2O2. The minimum Gasteiger partial charge on any atom is -0.497 e. The maximum absolute atomic E-state index is 13.2. The Morgan fingerprint density at radius 1 is 1.00 bits per heavy atom. The number of aryl methyl sites for hydroxylation is 1. The average molecular weight is 447 g/mol. The first-order valence-electron chi connectivity index (χ1n) is 9.17. The third-order valence-corrected chi connectivity index (χ3v) is 5.30. The Morgan fingerprint density at radius 2 is 1.72 bits per heavy atom. The number of nitrogens with one attached hydrogen (secondary N) is 1. The molecule has 0 spiro atoms. The molecule has 5 heteroatoms. The highest BCUT2D eigenvalue weighted by Gasteiger charge is 2.15. The van der Waals surface area contributed by atoms with Gasteiger partial charge in [0.15, 0.2) is 0 Å². The van der Waals surface area contributed by atoms with Crippen LogP contribution in [0.25, 0.3) is 22.2 Å². The van der Waals surface area contributed by atoms with Gasteiger partial charge in [-0.05, 0) is 55.0 Å². The molecule has 0 radical (unpaired) electrons. The van der Waals surface area contributed by atoms with E-state index in [2.05, 4.69) is 21.2 Å². The van der Waals surface area contributed by atoms with E-state index in [0.29, 0.717) is 11.3 Å². The number of hydrogen-bond acceptors (Lipinski definition) is 3. The number of carbonyl (C=O) groups is 1. The van der Waals surface area contributed by atoms with Gasteiger partial charge >= 0.3 is 0 Å². The minimum absolute atomic E-state index is 0.175. The van der Waals surface area contributed by atoms with Crippen LogP contribution >= 0.6 is 15.9 Å². The number of rotatable bonds is 4. The zero-order chi connectivity index (χ0) is 20.4. The van der Waals surface area contributed by atoms with Crippen LogP contribution in [0, 0.1) is 6.92 Å². The number of ether oxygens (including phenoxy) is 1. The summed E-state index contributed by atoms with van der Waals surface area (Å²) in [6, 6.07) is 22.9. The van der Waals surface area contributed by atoms with Crippen LogP contribution in [0.4, 0.5) is 5.69 Å². The second-order valence-corrected chi connectivity index (χ2v) is 7.63. The molecule has 0 aliphatic carbocycles. The molecule has 29 heavy (non-hydrogen) atoms. The SMILES string of the molecule is COc1ccc(NC(=O)c2cc(-c3ccc(Br)cc3)nc3c(C)cccc23)cc1. The maximum Gasteiger partial charge on any atom is 0.256 e. The lowest BCUT2D eigenvalue weighted by Crippen LogP contribution is -2.13. The number of para-hydroxylation sites is 1. The Kier molecular flexibility index (Phi) is 5.32. The number of anilines is 1. The van der Waals surface area contributed by atoms with Crippen molar-refractivity contribution in [1.29, 1.82) is 0 Å². The smallest absolute Gasteiger partial charge is 0.256 e.